The largest absolute Gasteiger partial charge is 0.396 e. The third-order valence-electron chi connectivity index (χ3n) is 4.32. The minimum Gasteiger partial charge on any atom is -0.396 e. The van der Waals surface area contributed by atoms with Gasteiger partial charge in [0.05, 0.1) is 6.61 Å². The Morgan fingerprint density at radius 2 is 1.14 bits per heavy atom. The second kappa shape index (κ2) is 14.5. The summed E-state index contributed by atoms with van der Waals surface area (Å²) < 4.78 is 7.89. The van der Waals surface area contributed by atoms with E-state index in [4.69, 9.17) is 9.84 Å². The van der Waals surface area contributed by atoms with E-state index in [0.717, 1.165) is 41.2 Å². The Bertz CT molecular complexity index is 787. The minimum atomic E-state index is 0.274. The van der Waals surface area contributed by atoms with Crippen molar-refractivity contribution in [3.05, 3.63) is 104 Å². The van der Waals surface area contributed by atoms with Crippen molar-refractivity contribution in [1.29, 1.82) is 0 Å². The molecule has 0 aliphatic rings. The van der Waals surface area contributed by atoms with Crippen LogP contribution in [0.5, 0.6) is 0 Å². The summed E-state index contributed by atoms with van der Waals surface area (Å²) in [5, 5.41) is 8.57. The lowest BCUT2D eigenvalue weighted by atomic mass is 10.1. The molecule has 3 rings (SSSR count). The molecule has 29 heavy (non-hydrogen) atoms. The van der Waals surface area contributed by atoms with Gasteiger partial charge in [-0.25, -0.2) is 0 Å². The van der Waals surface area contributed by atoms with Crippen molar-refractivity contribution in [2.45, 2.75) is 32.3 Å². The molecule has 0 fully saturated rings. The first kappa shape index (κ1) is 23.8. The predicted octanol–water partition coefficient (Wildman–Crippen LogP) is 6.97. The number of halogens is 2. The molecule has 154 valence electrons. The molecule has 0 saturated carbocycles. The maximum absolute atomic E-state index is 8.57. The molecule has 2 nitrogen and oxygen atoms in total. The smallest absolute Gasteiger partial charge is 0.0716 e. The summed E-state index contributed by atoms with van der Waals surface area (Å²) in [6.45, 7) is 1.79. The van der Waals surface area contributed by atoms with Crippen molar-refractivity contribution in [1.82, 2.24) is 0 Å². The van der Waals surface area contributed by atoms with Gasteiger partial charge >= 0.3 is 0 Å². The maximum Gasteiger partial charge on any atom is 0.0716 e. The molecule has 0 aliphatic heterocycles. The summed E-state index contributed by atoms with van der Waals surface area (Å²) in [5.74, 6) is 0. The van der Waals surface area contributed by atoms with E-state index < -0.39 is 0 Å². The quantitative estimate of drug-likeness (QED) is 0.309. The lowest BCUT2D eigenvalue weighted by Gasteiger charge is -2.04. The van der Waals surface area contributed by atoms with Gasteiger partial charge in [-0.3, -0.25) is 0 Å². The second-order valence-electron chi connectivity index (χ2n) is 6.72. The number of aliphatic hydroxyl groups is 1. The number of aliphatic hydroxyl groups excluding tert-OH is 1. The second-order valence-corrected chi connectivity index (χ2v) is 8.55. The van der Waals surface area contributed by atoms with Crippen LogP contribution in [0.2, 0.25) is 0 Å². The van der Waals surface area contributed by atoms with Crippen molar-refractivity contribution < 1.29 is 9.84 Å². The van der Waals surface area contributed by atoms with E-state index in [1.807, 2.05) is 30.3 Å². The fraction of sp³-hybridized carbons (Fsp3) is 0.280. The Kier molecular flexibility index (Phi) is 11.9. The van der Waals surface area contributed by atoms with Crippen LogP contribution < -0.4 is 0 Å². The van der Waals surface area contributed by atoms with Crippen LogP contribution in [-0.4, -0.2) is 18.3 Å². The number of hydrogen-bond acceptors (Lipinski definition) is 2. The van der Waals surface area contributed by atoms with Gasteiger partial charge in [0.1, 0.15) is 0 Å². The molecule has 0 unspecified atom stereocenters. The van der Waals surface area contributed by atoms with E-state index in [1.54, 1.807) is 0 Å². The highest BCUT2D eigenvalue weighted by Crippen LogP contribution is 2.12. The first-order valence-corrected chi connectivity index (χ1v) is 11.5. The van der Waals surface area contributed by atoms with E-state index >= 15 is 0 Å². The molecule has 0 radical (unpaired) electrons. The van der Waals surface area contributed by atoms with Crippen molar-refractivity contribution in [2.24, 2.45) is 0 Å². The van der Waals surface area contributed by atoms with Crippen molar-refractivity contribution in [2.75, 3.05) is 13.2 Å². The number of hydrogen-bond donors (Lipinski definition) is 1. The van der Waals surface area contributed by atoms with Crippen LogP contribution in [0.25, 0.3) is 0 Å². The van der Waals surface area contributed by atoms with Crippen molar-refractivity contribution in [3.8, 4) is 0 Å². The Labute approximate surface area is 191 Å². The topological polar surface area (TPSA) is 29.5 Å². The van der Waals surface area contributed by atoms with Crippen LogP contribution in [-0.2, 0) is 24.2 Å². The Morgan fingerprint density at radius 1 is 0.621 bits per heavy atom. The average Bonchev–Trinajstić information content (AvgIpc) is 2.76. The van der Waals surface area contributed by atoms with Crippen LogP contribution in [0.15, 0.2) is 87.8 Å². The Hall–Kier alpha value is -1.46. The van der Waals surface area contributed by atoms with E-state index in [-0.39, 0.29) is 6.61 Å². The maximum atomic E-state index is 8.57. The summed E-state index contributed by atoms with van der Waals surface area (Å²) in [4.78, 5) is 0. The highest BCUT2D eigenvalue weighted by atomic mass is 79.9. The highest BCUT2D eigenvalue weighted by molar-refractivity contribution is 9.10. The summed E-state index contributed by atoms with van der Waals surface area (Å²) in [6.07, 6.45) is 3.95. The average molecular weight is 520 g/mol. The van der Waals surface area contributed by atoms with Crippen LogP contribution in [0.4, 0.5) is 0 Å². The van der Waals surface area contributed by atoms with E-state index in [0.29, 0.717) is 6.61 Å². The van der Waals surface area contributed by atoms with Gasteiger partial charge in [0, 0.05) is 22.2 Å². The van der Waals surface area contributed by atoms with Gasteiger partial charge in [0.25, 0.3) is 0 Å². The number of ether oxygens (including phenoxy) is 1. The first-order chi connectivity index (χ1) is 14.2. The molecule has 0 spiro atoms. The van der Waals surface area contributed by atoms with E-state index in [2.05, 4.69) is 80.4 Å². The Morgan fingerprint density at radius 3 is 1.66 bits per heavy atom. The zero-order chi connectivity index (χ0) is 20.7. The van der Waals surface area contributed by atoms with Crippen LogP contribution in [0.1, 0.15) is 29.5 Å². The van der Waals surface area contributed by atoms with Gasteiger partial charge in [-0.2, -0.15) is 0 Å². The fourth-order valence-corrected chi connectivity index (χ4v) is 3.26. The molecule has 0 aromatic heterocycles. The van der Waals surface area contributed by atoms with Gasteiger partial charge in [-0.05, 0) is 66.6 Å². The van der Waals surface area contributed by atoms with Gasteiger partial charge in [-0.1, -0.05) is 86.5 Å². The van der Waals surface area contributed by atoms with E-state index in [9.17, 15) is 0 Å². The minimum absolute atomic E-state index is 0.274. The van der Waals surface area contributed by atoms with Gasteiger partial charge < -0.3 is 9.84 Å². The van der Waals surface area contributed by atoms with Crippen molar-refractivity contribution >= 4 is 31.9 Å². The monoisotopic (exact) mass is 518 g/mol. The zero-order valence-corrected chi connectivity index (χ0v) is 19.7. The standard InChI is InChI=1S/C16H17BrO.C9H11BrO/c17-16-10-8-14(9-11-16)7-4-12-18-13-15-5-2-1-3-6-15;10-9-5-3-8(4-6-9)2-1-7-11/h1-3,5-6,8-11H,4,7,12-13H2;3-6,11H,1-2,7H2. The van der Waals surface area contributed by atoms with Crippen molar-refractivity contribution in [3.63, 3.8) is 0 Å². The highest BCUT2D eigenvalue weighted by Gasteiger charge is 1.95. The lowest BCUT2D eigenvalue weighted by Crippen LogP contribution is -1.97. The number of rotatable bonds is 9. The van der Waals surface area contributed by atoms with Crippen LogP contribution in [0.3, 0.4) is 0 Å². The summed E-state index contributed by atoms with van der Waals surface area (Å²) >= 11 is 6.80. The molecule has 3 aromatic carbocycles. The SMILES string of the molecule is Brc1ccc(CCCOCc2ccccc2)cc1.OCCCc1ccc(Br)cc1. The summed E-state index contributed by atoms with van der Waals surface area (Å²) in [6, 6.07) is 26.9. The third-order valence-corrected chi connectivity index (χ3v) is 5.37. The summed E-state index contributed by atoms with van der Waals surface area (Å²) in [5.41, 5.74) is 3.88. The molecule has 0 saturated heterocycles. The zero-order valence-electron chi connectivity index (χ0n) is 16.6. The predicted molar refractivity (Wildman–Crippen MR) is 128 cm³/mol. The van der Waals surface area contributed by atoms with Gasteiger partial charge in [0.15, 0.2) is 0 Å². The summed E-state index contributed by atoms with van der Waals surface area (Å²) in [7, 11) is 0. The molecule has 0 bridgehead atoms. The molecule has 0 amide bonds. The molecule has 3 aromatic rings. The number of aryl methyl sites for hydroxylation is 2. The molecule has 0 aliphatic carbocycles. The van der Waals surface area contributed by atoms with Crippen LogP contribution >= 0.6 is 31.9 Å². The molecule has 4 heteroatoms. The van der Waals surface area contributed by atoms with Gasteiger partial charge in [0.2, 0.25) is 0 Å². The fourth-order valence-electron chi connectivity index (χ4n) is 2.73. The molecule has 0 atom stereocenters. The third kappa shape index (κ3) is 10.8. The lowest BCUT2D eigenvalue weighted by molar-refractivity contribution is 0.118. The molecular formula is C25H28Br2O2. The van der Waals surface area contributed by atoms with Gasteiger partial charge in [-0.15, -0.1) is 0 Å². The normalized spacial score (nSPS) is 10.3. The first-order valence-electron chi connectivity index (χ1n) is 9.89. The number of benzene rings is 3. The Balaban J connectivity index is 0.000000234. The van der Waals surface area contributed by atoms with Crippen LogP contribution in [0, 0.1) is 0 Å². The van der Waals surface area contributed by atoms with E-state index in [1.165, 1.54) is 16.7 Å². The molecule has 0 heterocycles. The molecule has 1 N–H and O–H groups in total. The molecular weight excluding hydrogens is 492 g/mol.